The molecule has 0 aliphatic carbocycles. The predicted molar refractivity (Wildman–Crippen MR) is 120 cm³/mol. The fourth-order valence-corrected chi connectivity index (χ4v) is 4.41. The van der Waals surface area contributed by atoms with Crippen molar-refractivity contribution in [1.29, 1.82) is 0 Å². The van der Waals surface area contributed by atoms with Crippen LogP contribution in [0.15, 0.2) is 41.2 Å². The smallest absolute Gasteiger partial charge is 0.256 e. The van der Waals surface area contributed by atoms with E-state index in [9.17, 15) is 9.18 Å². The van der Waals surface area contributed by atoms with Gasteiger partial charge in [-0.2, -0.15) is 0 Å². The lowest BCUT2D eigenvalue weighted by Crippen LogP contribution is -2.31. The number of nitrogens with one attached hydrogen (secondary N) is 1. The van der Waals surface area contributed by atoms with Gasteiger partial charge < -0.3 is 14.6 Å². The molecule has 0 spiro atoms. The van der Waals surface area contributed by atoms with Crippen molar-refractivity contribution < 1.29 is 9.13 Å². The molecule has 1 aromatic heterocycles. The van der Waals surface area contributed by atoms with Crippen LogP contribution in [0.4, 0.5) is 4.39 Å². The first kappa shape index (κ1) is 20.9. The van der Waals surface area contributed by atoms with Crippen molar-refractivity contribution in [2.45, 2.75) is 32.6 Å². The summed E-state index contributed by atoms with van der Waals surface area (Å²) in [4.78, 5) is 18.1. The van der Waals surface area contributed by atoms with E-state index in [1.54, 1.807) is 19.1 Å². The van der Waals surface area contributed by atoms with Crippen LogP contribution in [0.2, 0.25) is 5.02 Å². The number of likely N-dealkylation sites (tertiary alicyclic amines) is 1. The third-order valence-corrected chi connectivity index (χ3v) is 5.90. The molecule has 2 heterocycles. The van der Waals surface area contributed by atoms with Crippen LogP contribution in [0.25, 0.3) is 22.0 Å². The fourth-order valence-electron chi connectivity index (χ4n) is 4.22. The molecule has 1 saturated heterocycles. The molecule has 4 rings (SSSR count). The van der Waals surface area contributed by atoms with E-state index in [1.165, 1.54) is 31.4 Å². The number of hydrogen-bond acceptors (Lipinski definition) is 3. The van der Waals surface area contributed by atoms with Gasteiger partial charge in [0.25, 0.3) is 5.56 Å². The minimum absolute atomic E-state index is 0.296. The molecule has 158 valence electrons. The molecule has 0 unspecified atom stereocenters. The number of aryl methyl sites for hydroxylation is 1. The fraction of sp³-hybridized carbons (Fsp3) is 0.375. The SMILES string of the molecule is Cc1cc(F)cc2c(=O)[nH]c(-c3cccc(Cl)c3)c(OCCCN3CCCCC3)c12. The molecule has 0 bridgehead atoms. The standard InChI is InChI=1S/C24H26ClFN2O2/c1-16-13-19(26)15-20-21(16)23(30-12-6-11-28-9-3-2-4-10-28)22(27-24(20)29)17-7-5-8-18(25)14-17/h5,7-8,13-15H,2-4,6,9-12H2,1H3,(H,27,29). The van der Waals surface area contributed by atoms with Crippen molar-refractivity contribution in [2.75, 3.05) is 26.2 Å². The second kappa shape index (κ2) is 9.19. The minimum atomic E-state index is -0.433. The first-order valence-corrected chi connectivity index (χ1v) is 10.9. The van der Waals surface area contributed by atoms with Crippen LogP contribution >= 0.6 is 11.6 Å². The zero-order chi connectivity index (χ0) is 21.1. The summed E-state index contributed by atoms with van der Waals surface area (Å²) in [5.41, 5.74) is 1.66. The average molecular weight is 429 g/mol. The highest BCUT2D eigenvalue weighted by Crippen LogP contribution is 2.36. The van der Waals surface area contributed by atoms with Crippen LogP contribution in [0.5, 0.6) is 5.75 Å². The zero-order valence-corrected chi connectivity index (χ0v) is 17.9. The lowest BCUT2D eigenvalue weighted by molar-refractivity contribution is 0.205. The lowest BCUT2D eigenvalue weighted by atomic mass is 10.0. The van der Waals surface area contributed by atoms with Crippen molar-refractivity contribution in [3.8, 4) is 17.0 Å². The molecular formula is C24H26ClFN2O2. The summed E-state index contributed by atoms with van der Waals surface area (Å²) >= 11 is 6.18. The monoisotopic (exact) mass is 428 g/mol. The van der Waals surface area contributed by atoms with E-state index >= 15 is 0 Å². The highest BCUT2D eigenvalue weighted by atomic mass is 35.5. The second-order valence-electron chi connectivity index (χ2n) is 7.92. The van der Waals surface area contributed by atoms with Gasteiger partial charge in [-0.05, 0) is 69.1 Å². The Morgan fingerprint density at radius 1 is 1.17 bits per heavy atom. The van der Waals surface area contributed by atoms with Crippen molar-refractivity contribution in [1.82, 2.24) is 9.88 Å². The third kappa shape index (κ3) is 4.52. The number of benzene rings is 2. The molecule has 6 heteroatoms. The maximum atomic E-state index is 14.0. The highest BCUT2D eigenvalue weighted by Gasteiger charge is 2.18. The third-order valence-electron chi connectivity index (χ3n) is 5.66. The highest BCUT2D eigenvalue weighted by molar-refractivity contribution is 6.30. The van der Waals surface area contributed by atoms with Gasteiger partial charge in [-0.1, -0.05) is 30.2 Å². The molecule has 1 fully saturated rings. The van der Waals surface area contributed by atoms with Crippen LogP contribution in [0.3, 0.4) is 0 Å². The number of aromatic amines is 1. The van der Waals surface area contributed by atoms with Crippen molar-refractivity contribution >= 4 is 22.4 Å². The quantitative estimate of drug-likeness (QED) is 0.523. The van der Waals surface area contributed by atoms with E-state index in [-0.39, 0.29) is 5.56 Å². The number of pyridine rings is 1. The van der Waals surface area contributed by atoms with E-state index < -0.39 is 5.82 Å². The maximum absolute atomic E-state index is 14.0. The van der Waals surface area contributed by atoms with Crippen LogP contribution < -0.4 is 10.3 Å². The van der Waals surface area contributed by atoms with Crippen LogP contribution in [-0.2, 0) is 0 Å². The van der Waals surface area contributed by atoms with Gasteiger partial charge in [-0.3, -0.25) is 4.79 Å². The summed E-state index contributed by atoms with van der Waals surface area (Å²) in [6, 6.07) is 9.98. The van der Waals surface area contributed by atoms with Crippen molar-refractivity contribution in [3.63, 3.8) is 0 Å². The van der Waals surface area contributed by atoms with Crippen LogP contribution in [-0.4, -0.2) is 36.1 Å². The summed E-state index contributed by atoms with van der Waals surface area (Å²) in [7, 11) is 0. The van der Waals surface area contributed by atoms with E-state index in [0.29, 0.717) is 39.4 Å². The number of halogens is 2. The Kier molecular flexibility index (Phi) is 6.40. The van der Waals surface area contributed by atoms with Gasteiger partial charge in [-0.15, -0.1) is 0 Å². The normalized spacial score (nSPS) is 14.9. The Bertz CT molecular complexity index is 1110. The predicted octanol–water partition coefficient (Wildman–Crippen LogP) is 5.55. The number of aromatic nitrogens is 1. The van der Waals surface area contributed by atoms with Gasteiger partial charge in [0.2, 0.25) is 0 Å². The molecule has 4 nitrogen and oxygen atoms in total. The first-order valence-electron chi connectivity index (χ1n) is 10.5. The Labute approximate surface area is 180 Å². The molecular weight excluding hydrogens is 403 g/mol. The Morgan fingerprint density at radius 3 is 2.73 bits per heavy atom. The molecule has 0 saturated carbocycles. The summed E-state index contributed by atoms with van der Waals surface area (Å²) < 4.78 is 20.2. The van der Waals surface area contributed by atoms with E-state index in [2.05, 4.69) is 9.88 Å². The molecule has 3 aromatic rings. The molecule has 1 aliphatic heterocycles. The molecule has 2 aromatic carbocycles. The maximum Gasteiger partial charge on any atom is 0.256 e. The van der Waals surface area contributed by atoms with Gasteiger partial charge in [-0.25, -0.2) is 4.39 Å². The van der Waals surface area contributed by atoms with Gasteiger partial charge in [0.15, 0.2) is 5.75 Å². The Balaban J connectivity index is 1.70. The summed E-state index contributed by atoms with van der Waals surface area (Å²) in [6.07, 6.45) is 4.72. The number of hydrogen-bond donors (Lipinski definition) is 1. The van der Waals surface area contributed by atoms with Crippen molar-refractivity contribution in [3.05, 3.63) is 63.2 Å². The van der Waals surface area contributed by atoms with E-state index in [1.807, 2.05) is 12.1 Å². The van der Waals surface area contributed by atoms with Crippen LogP contribution in [0.1, 0.15) is 31.2 Å². The molecule has 1 aliphatic rings. The summed E-state index contributed by atoms with van der Waals surface area (Å²) in [5.74, 6) is 0.139. The molecule has 1 N–H and O–H groups in total. The topological polar surface area (TPSA) is 45.3 Å². The van der Waals surface area contributed by atoms with Crippen molar-refractivity contribution in [2.24, 2.45) is 0 Å². The second-order valence-corrected chi connectivity index (χ2v) is 8.35. The van der Waals surface area contributed by atoms with Gasteiger partial charge in [0.05, 0.1) is 17.7 Å². The summed E-state index contributed by atoms with van der Waals surface area (Å²) in [6.45, 7) is 5.60. The first-order chi connectivity index (χ1) is 14.5. The van der Waals surface area contributed by atoms with Gasteiger partial charge in [0, 0.05) is 22.5 Å². The number of fused-ring (bicyclic) bond motifs is 1. The Hall–Kier alpha value is -2.37. The van der Waals surface area contributed by atoms with E-state index in [0.717, 1.165) is 31.6 Å². The van der Waals surface area contributed by atoms with E-state index in [4.69, 9.17) is 16.3 Å². The average Bonchev–Trinajstić information content (AvgIpc) is 2.73. The summed E-state index contributed by atoms with van der Waals surface area (Å²) in [5, 5.41) is 1.51. The number of ether oxygens (including phenoxy) is 1. The Morgan fingerprint density at radius 2 is 1.97 bits per heavy atom. The van der Waals surface area contributed by atoms with Gasteiger partial charge in [0.1, 0.15) is 5.82 Å². The number of piperidine rings is 1. The zero-order valence-electron chi connectivity index (χ0n) is 17.1. The number of rotatable bonds is 6. The van der Waals surface area contributed by atoms with Crippen LogP contribution in [0, 0.1) is 12.7 Å². The minimum Gasteiger partial charge on any atom is -0.491 e. The molecule has 0 amide bonds. The van der Waals surface area contributed by atoms with Gasteiger partial charge >= 0.3 is 0 Å². The largest absolute Gasteiger partial charge is 0.491 e. The molecule has 0 atom stereocenters. The number of H-pyrrole nitrogens is 1. The lowest BCUT2D eigenvalue weighted by Gasteiger charge is -2.26. The number of nitrogens with zero attached hydrogens (tertiary/aromatic N) is 1. The molecule has 0 radical (unpaired) electrons. The molecule has 30 heavy (non-hydrogen) atoms.